The second-order valence-electron chi connectivity index (χ2n) is 11.7. The lowest BCUT2D eigenvalue weighted by atomic mass is 10.0. The van der Waals surface area contributed by atoms with Crippen LogP contribution in [0.15, 0.2) is 152 Å². The molecule has 0 saturated heterocycles. The van der Waals surface area contributed by atoms with Crippen LogP contribution >= 0.6 is 0 Å². The van der Waals surface area contributed by atoms with Gasteiger partial charge in [0.1, 0.15) is 5.82 Å². The number of benzene rings is 4. The minimum Gasteiger partial charge on any atom is -0.327 e. The molecule has 9 aromatic rings. The highest BCUT2D eigenvalue weighted by Gasteiger charge is 2.18. The second-order valence-corrected chi connectivity index (χ2v) is 11.7. The molecular formula is C41H28N6. The molecule has 0 aliphatic rings. The van der Waals surface area contributed by atoms with Crippen molar-refractivity contribution < 1.29 is 0 Å². The molecule has 47 heavy (non-hydrogen) atoms. The first-order valence-electron chi connectivity index (χ1n) is 15.6. The maximum atomic E-state index is 5.12. The summed E-state index contributed by atoms with van der Waals surface area (Å²) >= 11 is 0. The van der Waals surface area contributed by atoms with E-state index in [4.69, 9.17) is 4.98 Å². The topological polar surface area (TPSA) is 61.4 Å². The van der Waals surface area contributed by atoms with E-state index in [0.717, 1.165) is 72.7 Å². The summed E-state index contributed by atoms with van der Waals surface area (Å²) < 4.78 is 4.55. The fourth-order valence-electron chi connectivity index (χ4n) is 6.67. The summed E-state index contributed by atoms with van der Waals surface area (Å²) in [6, 6.07) is 42.7. The van der Waals surface area contributed by atoms with Crippen molar-refractivity contribution in [3.05, 3.63) is 152 Å². The van der Waals surface area contributed by atoms with E-state index in [9.17, 15) is 0 Å². The van der Waals surface area contributed by atoms with Crippen LogP contribution in [0.3, 0.4) is 0 Å². The molecule has 5 aromatic heterocycles. The van der Waals surface area contributed by atoms with Gasteiger partial charge < -0.3 is 9.13 Å². The monoisotopic (exact) mass is 604 g/mol. The fraction of sp³-hybridized carbons (Fsp3) is 0.0244. The zero-order chi connectivity index (χ0) is 31.3. The standard InChI is InChI=1S/C41H28N6/c1-46-40-25-30(28-16-21-43-22-17-28)9-12-37(40)45-41(46)32-8-11-34-35-24-29(27-14-19-42-20-15-27)10-13-38(35)47(39(34)26-32)33-6-4-5-31(23-33)36-7-2-3-18-44-36/h2-26H,1H3. The molecule has 222 valence electrons. The molecule has 0 N–H and O–H groups in total. The third kappa shape index (κ3) is 4.58. The molecule has 0 unspecified atom stereocenters. The molecule has 0 aliphatic carbocycles. The van der Waals surface area contributed by atoms with Crippen LogP contribution in [-0.4, -0.2) is 29.1 Å². The normalized spacial score (nSPS) is 11.5. The molecule has 0 bridgehead atoms. The molecule has 0 amide bonds. The number of rotatable bonds is 5. The second kappa shape index (κ2) is 10.9. The molecule has 4 aromatic carbocycles. The zero-order valence-corrected chi connectivity index (χ0v) is 25.6. The van der Waals surface area contributed by atoms with Crippen molar-refractivity contribution >= 4 is 32.8 Å². The summed E-state index contributed by atoms with van der Waals surface area (Å²) in [4.78, 5) is 18.1. The minimum atomic E-state index is 0.922. The molecule has 6 heteroatoms. The van der Waals surface area contributed by atoms with Crippen molar-refractivity contribution in [3.8, 4) is 50.6 Å². The summed E-state index contributed by atoms with van der Waals surface area (Å²) in [7, 11) is 2.10. The first-order chi connectivity index (χ1) is 23.2. The SMILES string of the molecule is Cn1c(-c2ccc3c4cc(-c5ccncc5)ccc4n(-c4cccc(-c5ccccn5)c4)c3c2)nc2ccc(-c3ccncc3)cc21. The van der Waals surface area contributed by atoms with Gasteiger partial charge in [-0.2, -0.15) is 0 Å². The van der Waals surface area contributed by atoms with E-state index in [1.54, 1.807) is 0 Å². The third-order valence-electron chi connectivity index (χ3n) is 9.00. The van der Waals surface area contributed by atoms with Gasteiger partial charge >= 0.3 is 0 Å². The van der Waals surface area contributed by atoms with Crippen LogP contribution in [0, 0.1) is 0 Å². The molecule has 0 fully saturated rings. The third-order valence-corrected chi connectivity index (χ3v) is 9.00. The van der Waals surface area contributed by atoms with Crippen LogP contribution in [0.5, 0.6) is 0 Å². The van der Waals surface area contributed by atoms with E-state index >= 15 is 0 Å². The van der Waals surface area contributed by atoms with Gasteiger partial charge in [-0.15, -0.1) is 0 Å². The number of nitrogens with zero attached hydrogens (tertiary/aromatic N) is 6. The van der Waals surface area contributed by atoms with E-state index in [-0.39, 0.29) is 0 Å². The summed E-state index contributed by atoms with van der Waals surface area (Å²) in [6.45, 7) is 0. The Bertz CT molecular complexity index is 2570. The highest BCUT2D eigenvalue weighted by molar-refractivity contribution is 6.11. The summed E-state index contributed by atoms with van der Waals surface area (Å²) in [5.74, 6) is 0.922. The Morgan fingerprint density at radius 1 is 0.468 bits per heavy atom. The van der Waals surface area contributed by atoms with Gasteiger partial charge in [0.15, 0.2) is 0 Å². The Kier molecular flexibility index (Phi) is 6.25. The lowest BCUT2D eigenvalue weighted by molar-refractivity contribution is 0.959. The van der Waals surface area contributed by atoms with Crippen molar-refractivity contribution in [2.75, 3.05) is 0 Å². The molecule has 0 aliphatic heterocycles. The van der Waals surface area contributed by atoms with Crippen molar-refractivity contribution in [2.24, 2.45) is 7.05 Å². The molecule has 0 spiro atoms. The molecule has 9 rings (SSSR count). The zero-order valence-electron chi connectivity index (χ0n) is 25.6. The number of hydrogen-bond donors (Lipinski definition) is 0. The molecule has 0 atom stereocenters. The van der Waals surface area contributed by atoms with E-state index < -0.39 is 0 Å². The maximum absolute atomic E-state index is 5.12. The Morgan fingerprint density at radius 3 is 1.96 bits per heavy atom. The maximum Gasteiger partial charge on any atom is 0.140 e. The predicted octanol–water partition coefficient (Wildman–Crippen LogP) is 9.52. The van der Waals surface area contributed by atoms with Crippen LogP contribution in [0.2, 0.25) is 0 Å². The van der Waals surface area contributed by atoms with Crippen molar-refractivity contribution in [3.63, 3.8) is 0 Å². The van der Waals surface area contributed by atoms with Crippen molar-refractivity contribution in [2.45, 2.75) is 0 Å². The number of fused-ring (bicyclic) bond motifs is 4. The van der Waals surface area contributed by atoms with E-state index in [1.807, 2.05) is 55.2 Å². The predicted molar refractivity (Wildman–Crippen MR) is 190 cm³/mol. The minimum absolute atomic E-state index is 0.922. The Labute approximate surface area is 271 Å². The van der Waals surface area contributed by atoms with Crippen LogP contribution in [0.25, 0.3) is 83.4 Å². The Hall–Kier alpha value is -6.40. The number of hydrogen-bond acceptors (Lipinski definition) is 4. The molecule has 0 saturated carbocycles. The molecular weight excluding hydrogens is 576 g/mol. The van der Waals surface area contributed by atoms with Crippen LogP contribution in [0.1, 0.15) is 0 Å². The number of aryl methyl sites for hydroxylation is 1. The molecule has 6 nitrogen and oxygen atoms in total. The first kappa shape index (κ1) is 27.0. The van der Waals surface area contributed by atoms with Gasteiger partial charge in [-0.25, -0.2) is 4.98 Å². The van der Waals surface area contributed by atoms with Gasteiger partial charge in [0.05, 0.1) is 27.8 Å². The molecule has 5 heterocycles. The van der Waals surface area contributed by atoms with Crippen LogP contribution < -0.4 is 0 Å². The average Bonchev–Trinajstić information content (AvgIpc) is 3.66. The van der Waals surface area contributed by atoms with Gasteiger partial charge in [0, 0.05) is 65.6 Å². The number of pyridine rings is 3. The van der Waals surface area contributed by atoms with Gasteiger partial charge in [-0.3, -0.25) is 15.0 Å². The van der Waals surface area contributed by atoms with Crippen LogP contribution in [0.4, 0.5) is 0 Å². The van der Waals surface area contributed by atoms with Gasteiger partial charge in [0.2, 0.25) is 0 Å². The largest absolute Gasteiger partial charge is 0.327 e. The quantitative estimate of drug-likeness (QED) is 0.196. The number of imidazole rings is 1. The van der Waals surface area contributed by atoms with Crippen molar-refractivity contribution in [1.82, 2.24) is 29.1 Å². The summed E-state index contributed by atoms with van der Waals surface area (Å²) in [5.41, 5.74) is 13.0. The molecule has 0 radical (unpaired) electrons. The highest BCUT2D eigenvalue weighted by Crippen LogP contribution is 2.38. The average molecular weight is 605 g/mol. The lowest BCUT2D eigenvalue weighted by Crippen LogP contribution is -1.96. The van der Waals surface area contributed by atoms with Gasteiger partial charge in [-0.1, -0.05) is 42.5 Å². The van der Waals surface area contributed by atoms with Crippen LogP contribution in [-0.2, 0) is 7.05 Å². The highest BCUT2D eigenvalue weighted by atomic mass is 15.1. The fourth-order valence-corrected chi connectivity index (χ4v) is 6.67. The summed E-state index contributed by atoms with van der Waals surface area (Å²) in [6.07, 6.45) is 9.18. The van der Waals surface area contributed by atoms with Gasteiger partial charge in [-0.05, 0) is 101 Å². The van der Waals surface area contributed by atoms with E-state index in [0.29, 0.717) is 0 Å². The Morgan fingerprint density at radius 2 is 1.19 bits per heavy atom. The van der Waals surface area contributed by atoms with E-state index in [1.165, 1.54) is 10.8 Å². The Balaban J connectivity index is 1.26. The van der Waals surface area contributed by atoms with Crippen molar-refractivity contribution in [1.29, 1.82) is 0 Å². The van der Waals surface area contributed by atoms with E-state index in [2.05, 4.69) is 128 Å². The van der Waals surface area contributed by atoms with Gasteiger partial charge in [0.25, 0.3) is 0 Å². The summed E-state index contributed by atoms with van der Waals surface area (Å²) in [5, 5.41) is 2.37. The smallest absolute Gasteiger partial charge is 0.140 e. The number of aromatic nitrogens is 6. The first-order valence-corrected chi connectivity index (χ1v) is 15.6. The lowest BCUT2D eigenvalue weighted by Gasteiger charge is -2.11.